The molecule has 7 N–H and O–H groups in total. The van der Waals surface area contributed by atoms with Crippen LogP contribution >= 0.6 is 11.8 Å². The third-order valence-electron chi connectivity index (χ3n) is 7.14. The minimum atomic E-state index is -0.979. The predicted molar refractivity (Wildman–Crippen MR) is 143 cm³/mol. The van der Waals surface area contributed by atoms with Crippen molar-refractivity contribution in [3.63, 3.8) is 0 Å². The normalized spacial score (nSPS) is 25.8. The number of nitrogens with two attached hydrogens (primary N) is 1. The summed E-state index contributed by atoms with van der Waals surface area (Å²) in [4.78, 5) is 71.1. The molecule has 3 heterocycles. The molecular formula is C25H40N6O7S. The third-order valence-corrected chi connectivity index (χ3v) is 8.65. The summed E-state index contributed by atoms with van der Waals surface area (Å²) in [6.07, 6.45) is 4.87. The van der Waals surface area contributed by atoms with Gasteiger partial charge in [0.2, 0.25) is 23.6 Å². The molecule has 6 atom stereocenters. The first-order chi connectivity index (χ1) is 18.6. The average molecular weight is 569 g/mol. The number of nitrogens with one attached hydrogen (secondary N) is 5. The first-order valence-electron chi connectivity index (χ1n) is 13.7. The van der Waals surface area contributed by atoms with E-state index in [1.807, 2.05) is 11.8 Å². The number of esters is 1. The molecular weight excluding hydrogens is 528 g/mol. The molecule has 3 rings (SSSR count). The maximum Gasteiger partial charge on any atom is 0.332 e. The van der Waals surface area contributed by atoms with E-state index < -0.39 is 36.0 Å². The van der Waals surface area contributed by atoms with Gasteiger partial charge in [-0.05, 0) is 39.0 Å². The number of unbranched alkanes of at least 4 members (excludes halogenated alkanes) is 3. The summed E-state index contributed by atoms with van der Waals surface area (Å²) in [6.45, 7) is 2.17. The first-order valence-corrected chi connectivity index (χ1v) is 14.7. The molecule has 0 bridgehead atoms. The standard InChI is InChI=1S/C25H40N6O7S/c1-14-21(24(36)38-14)30-23(35)15(10-11-18(26)32)28-20(34)9-3-2-6-12-27-19(33)8-5-4-7-17-22-16(13-39-17)29-25(37)31-22/h14-17,21-22H,2-13H2,1H3,(H2,26,32)(H,27,33)(H,28,34)(H,30,35)(H2,29,31,37)/t14-,15+,16+,17+,21+,22+/m1/s1. The monoisotopic (exact) mass is 568 g/mol. The van der Waals surface area contributed by atoms with Crippen molar-refractivity contribution in [1.82, 2.24) is 26.6 Å². The van der Waals surface area contributed by atoms with Gasteiger partial charge in [0.15, 0.2) is 6.04 Å². The lowest BCUT2D eigenvalue weighted by atomic mass is 10.0. The van der Waals surface area contributed by atoms with Gasteiger partial charge < -0.3 is 37.1 Å². The fourth-order valence-corrected chi connectivity index (χ4v) is 6.42. The third kappa shape index (κ3) is 9.59. The van der Waals surface area contributed by atoms with Crippen LogP contribution < -0.4 is 32.3 Å². The highest BCUT2D eigenvalue weighted by Gasteiger charge is 2.43. The van der Waals surface area contributed by atoms with E-state index in [0.717, 1.165) is 37.9 Å². The highest BCUT2D eigenvalue weighted by atomic mass is 32.2. The maximum atomic E-state index is 12.5. The van der Waals surface area contributed by atoms with Crippen molar-refractivity contribution in [2.75, 3.05) is 12.3 Å². The van der Waals surface area contributed by atoms with E-state index in [9.17, 15) is 28.8 Å². The number of thioether (sulfide) groups is 1. The molecule has 14 heteroatoms. The van der Waals surface area contributed by atoms with E-state index in [0.29, 0.717) is 24.6 Å². The molecule has 13 nitrogen and oxygen atoms in total. The molecule has 0 aromatic rings. The lowest BCUT2D eigenvalue weighted by Crippen LogP contribution is -2.61. The molecule has 39 heavy (non-hydrogen) atoms. The molecule has 0 saturated carbocycles. The minimum absolute atomic E-state index is 0.00787. The van der Waals surface area contributed by atoms with E-state index in [1.165, 1.54) is 0 Å². The molecule has 6 amide bonds. The minimum Gasteiger partial charge on any atom is -0.458 e. The smallest absolute Gasteiger partial charge is 0.332 e. The van der Waals surface area contributed by atoms with Crippen LogP contribution in [-0.2, 0) is 28.7 Å². The highest BCUT2D eigenvalue weighted by molar-refractivity contribution is 8.00. The van der Waals surface area contributed by atoms with Gasteiger partial charge in [-0.25, -0.2) is 9.59 Å². The van der Waals surface area contributed by atoms with Crippen molar-refractivity contribution in [2.24, 2.45) is 5.73 Å². The van der Waals surface area contributed by atoms with Crippen LogP contribution in [0.15, 0.2) is 0 Å². The summed E-state index contributed by atoms with van der Waals surface area (Å²) >= 11 is 1.87. The van der Waals surface area contributed by atoms with Crippen molar-refractivity contribution in [2.45, 2.75) is 107 Å². The molecule has 3 aliphatic heterocycles. The summed E-state index contributed by atoms with van der Waals surface area (Å²) in [5, 5.41) is 14.4. The molecule has 0 spiro atoms. The molecule has 218 valence electrons. The van der Waals surface area contributed by atoms with E-state index in [4.69, 9.17) is 10.5 Å². The zero-order valence-electron chi connectivity index (χ0n) is 22.3. The summed E-state index contributed by atoms with van der Waals surface area (Å²) in [5.74, 6) is -1.10. The Morgan fingerprint density at radius 3 is 2.49 bits per heavy atom. The molecule has 0 aromatic heterocycles. The van der Waals surface area contributed by atoms with E-state index in [-0.39, 0.29) is 49.2 Å². The Kier molecular flexibility index (Phi) is 11.7. The van der Waals surface area contributed by atoms with Gasteiger partial charge in [0.25, 0.3) is 0 Å². The number of fused-ring (bicyclic) bond motifs is 1. The number of cyclic esters (lactones) is 1. The van der Waals surface area contributed by atoms with Crippen molar-refractivity contribution in [1.29, 1.82) is 0 Å². The van der Waals surface area contributed by atoms with Gasteiger partial charge in [-0.3, -0.25) is 19.2 Å². The molecule has 3 fully saturated rings. The van der Waals surface area contributed by atoms with Gasteiger partial charge in [-0.1, -0.05) is 12.8 Å². The summed E-state index contributed by atoms with van der Waals surface area (Å²) in [6, 6.07) is -1.43. The van der Waals surface area contributed by atoms with Crippen LogP contribution in [0.2, 0.25) is 0 Å². The predicted octanol–water partition coefficient (Wildman–Crippen LogP) is -0.431. The topological polar surface area (TPSA) is 198 Å². The SMILES string of the molecule is C[C@H]1OC(=O)[C@H]1NC(=O)[C@H](CCC(N)=O)NC(=O)CCCCCNC(=O)CCCC[C@@H]1SC[C@@H]2NC(=O)N[C@@H]21. The van der Waals surface area contributed by atoms with Gasteiger partial charge in [0.05, 0.1) is 12.1 Å². The fourth-order valence-electron chi connectivity index (χ4n) is 4.87. The van der Waals surface area contributed by atoms with E-state index in [1.54, 1.807) is 6.92 Å². The zero-order chi connectivity index (χ0) is 28.4. The zero-order valence-corrected chi connectivity index (χ0v) is 23.1. The Bertz CT molecular complexity index is 935. The second-order valence-corrected chi connectivity index (χ2v) is 11.6. The molecule has 0 unspecified atom stereocenters. The largest absolute Gasteiger partial charge is 0.458 e. The number of amides is 6. The van der Waals surface area contributed by atoms with Crippen molar-refractivity contribution in [3.05, 3.63) is 0 Å². The maximum absolute atomic E-state index is 12.5. The lowest BCUT2D eigenvalue weighted by molar-refractivity contribution is -0.176. The molecule has 0 aliphatic carbocycles. The van der Waals surface area contributed by atoms with Crippen molar-refractivity contribution >= 4 is 47.4 Å². The van der Waals surface area contributed by atoms with Crippen LogP contribution in [0.4, 0.5) is 4.79 Å². The van der Waals surface area contributed by atoms with Crippen LogP contribution in [0, 0.1) is 0 Å². The van der Waals surface area contributed by atoms with Crippen LogP contribution in [0.5, 0.6) is 0 Å². The van der Waals surface area contributed by atoms with Gasteiger partial charge in [0, 0.05) is 36.8 Å². The number of primary amides is 1. The van der Waals surface area contributed by atoms with Crippen LogP contribution in [0.25, 0.3) is 0 Å². The van der Waals surface area contributed by atoms with Crippen LogP contribution in [0.1, 0.15) is 71.1 Å². The molecule has 0 radical (unpaired) electrons. The van der Waals surface area contributed by atoms with Crippen LogP contribution in [0.3, 0.4) is 0 Å². The molecule has 0 aromatic carbocycles. The first kappa shape index (κ1) is 30.5. The number of ether oxygens (including phenoxy) is 1. The number of carbonyl (C=O) groups excluding carboxylic acids is 6. The van der Waals surface area contributed by atoms with Crippen LogP contribution in [-0.4, -0.2) is 83.4 Å². The fraction of sp³-hybridized carbons (Fsp3) is 0.760. The Morgan fingerprint density at radius 1 is 1.03 bits per heavy atom. The second kappa shape index (κ2) is 14.9. The van der Waals surface area contributed by atoms with Gasteiger partial charge in [-0.2, -0.15) is 11.8 Å². The number of rotatable bonds is 17. The quantitative estimate of drug-likeness (QED) is 0.0771. The Morgan fingerprint density at radius 2 is 1.77 bits per heavy atom. The van der Waals surface area contributed by atoms with Gasteiger partial charge >= 0.3 is 12.0 Å². The number of carbonyl (C=O) groups is 6. The number of hydrogen-bond donors (Lipinski definition) is 6. The lowest BCUT2D eigenvalue weighted by Gasteiger charge is -2.33. The molecule has 3 aliphatic rings. The van der Waals surface area contributed by atoms with E-state index >= 15 is 0 Å². The average Bonchev–Trinajstić information content (AvgIpc) is 3.44. The van der Waals surface area contributed by atoms with Crippen molar-refractivity contribution in [3.8, 4) is 0 Å². The summed E-state index contributed by atoms with van der Waals surface area (Å²) in [5.41, 5.74) is 5.18. The highest BCUT2D eigenvalue weighted by Crippen LogP contribution is 2.33. The number of hydrogen-bond acceptors (Lipinski definition) is 8. The Labute approximate surface area is 232 Å². The van der Waals surface area contributed by atoms with E-state index in [2.05, 4.69) is 26.6 Å². The molecule has 3 saturated heterocycles. The number of urea groups is 1. The Balaban J connectivity index is 1.22. The summed E-state index contributed by atoms with van der Waals surface area (Å²) in [7, 11) is 0. The van der Waals surface area contributed by atoms with Gasteiger partial charge in [-0.15, -0.1) is 0 Å². The second-order valence-electron chi connectivity index (χ2n) is 10.3. The van der Waals surface area contributed by atoms with Crippen molar-refractivity contribution < 1.29 is 33.5 Å². The van der Waals surface area contributed by atoms with Gasteiger partial charge in [0.1, 0.15) is 12.1 Å². The Hall–Kier alpha value is -3.03. The summed E-state index contributed by atoms with van der Waals surface area (Å²) < 4.78 is 4.81.